The molecule has 11 heteroatoms. The summed E-state index contributed by atoms with van der Waals surface area (Å²) in [5.41, 5.74) is 5.59. The molecule has 1 aliphatic heterocycles. The van der Waals surface area contributed by atoms with Crippen LogP contribution in [-0.4, -0.2) is 91.5 Å². The molecule has 7 atom stereocenters. The first-order chi connectivity index (χ1) is 10.5. The van der Waals surface area contributed by atoms with Crippen molar-refractivity contribution in [3.8, 4) is 0 Å². The smallest absolute Gasteiger partial charge is 0.364 e. The maximum absolute atomic E-state index is 11.1. The monoisotopic (exact) mass is 339 g/mol. The Morgan fingerprint density at radius 2 is 1.96 bits per heavy atom. The first kappa shape index (κ1) is 19.7. The van der Waals surface area contributed by atoms with Gasteiger partial charge >= 0.3 is 11.9 Å². The zero-order valence-electron chi connectivity index (χ0n) is 12.3. The molecule has 0 radical (unpaired) electrons. The van der Waals surface area contributed by atoms with Crippen molar-refractivity contribution in [2.45, 2.75) is 55.7 Å². The molecule has 1 saturated heterocycles. The molecule has 0 spiro atoms. The molecular weight excluding hydrogens is 318 g/mol. The van der Waals surface area contributed by atoms with Gasteiger partial charge in [-0.25, -0.2) is 9.59 Å². The summed E-state index contributed by atoms with van der Waals surface area (Å²) in [6.45, 7) is 0.397. The van der Waals surface area contributed by atoms with E-state index in [-0.39, 0.29) is 0 Å². The maximum Gasteiger partial charge on any atom is 0.364 e. The highest BCUT2D eigenvalue weighted by atomic mass is 16.7. The quantitative estimate of drug-likeness (QED) is 0.232. The lowest BCUT2D eigenvalue weighted by Crippen LogP contribution is -2.65. The molecule has 8 N–H and O–H groups in total. The van der Waals surface area contributed by atoms with Gasteiger partial charge in [-0.15, -0.1) is 0 Å². The number of hydrogen-bond acceptors (Lipinski definition) is 10. The van der Waals surface area contributed by atoms with E-state index in [1.165, 1.54) is 0 Å². The van der Waals surface area contributed by atoms with Gasteiger partial charge in [-0.1, -0.05) is 0 Å². The van der Waals surface area contributed by atoms with Gasteiger partial charge in [-0.2, -0.15) is 0 Å². The number of ether oxygens (including phenoxy) is 2. The Morgan fingerprint density at radius 3 is 2.43 bits per heavy atom. The summed E-state index contributed by atoms with van der Waals surface area (Å²) in [5, 5.41) is 57.1. The average molecular weight is 339 g/mol. The number of esters is 1. The zero-order valence-corrected chi connectivity index (χ0v) is 12.3. The minimum absolute atomic E-state index is 0.722. The molecule has 0 aromatic rings. The van der Waals surface area contributed by atoms with E-state index in [2.05, 4.69) is 4.74 Å². The second-order valence-electron chi connectivity index (χ2n) is 5.38. The molecule has 0 aromatic carbocycles. The predicted molar refractivity (Wildman–Crippen MR) is 70.7 cm³/mol. The topological polar surface area (TPSA) is 200 Å². The third-order valence-corrected chi connectivity index (χ3v) is 3.44. The van der Waals surface area contributed by atoms with Crippen molar-refractivity contribution < 1.29 is 49.7 Å². The first-order valence-electron chi connectivity index (χ1n) is 6.77. The van der Waals surface area contributed by atoms with Crippen LogP contribution in [0.3, 0.4) is 0 Å². The fraction of sp³-hybridized carbons (Fsp3) is 0.833. The van der Waals surface area contributed by atoms with Crippen molar-refractivity contribution in [1.29, 1.82) is 0 Å². The Kier molecular flexibility index (Phi) is 6.41. The number of carboxylic acid groups (broad SMARTS) is 1. The van der Waals surface area contributed by atoms with Crippen LogP contribution in [0.5, 0.6) is 0 Å². The van der Waals surface area contributed by atoms with E-state index in [0.717, 1.165) is 6.92 Å². The molecule has 1 aliphatic rings. The minimum atomic E-state index is -2.78. The van der Waals surface area contributed by atoms with Gasteiger partial charge in [0.1, 0.15) is 31.0 Å². The van der Waals surface area contributed by atoms with Gasteiger partial charge < -0.3 is 45.8 Å². The minimum Gasteiger partial charge on any atom is -0.477 e. The number of hydrogen-bond donors (Lipinski definition) is 7. The van der Waals surface area contributed by atoms with E-state index >= 15 is 0 Å². The molecule has 1 fully saturated rings. The summed E-state index contributed by atoms with van der Waals surface area (Å²) >= 11 is 0. The Labute approximate surface area is 130 Å². The Hall–Kier alpha value is -1.34. The van der Waals surface area contributed by atoms with Crippen molar-refractivity contribution in [2.75, 3.05) is 6.61 Å². The van der Waals surface area contributed by atoms with Gasteiger partial charge in [0.2, 0.25) is 0 Å². The summed E-state index contributed by atoms with van der Waals surface area (Å²) in [7, 11) is 0. The lowest BCUT2D eigenvalue weighted by Gasteiger charge is -2.43. The first-order valence-corrected chi connectivity index (χ1v) is 6.77. The fourth-order valence-electron chi connectivity index (χ4n) is 2.03. The molecule has 134 valence electrons. The van der Waals surface area contributed by atoms with Crippen LogP contribution >= 0.6 is 0 Å². The van der Waals surface area contributed by atoms with E-state index in [0.29, 0.717) is 0 Å². The summed E-state index contributed by atoms with van der Waals surface area (Å²) in [5.74, 6) is -5.63. The van der Waals surface area contributed by atoms with E-state index in [4.69, 9.17) is 20.7 Å². The van der Waals surface area contributed by atoms with Crippen LogP contribution in [0.25, 0.3) is 0 Å². The van der Waals surface area contributed by atoms with Crippen molar-refractivity contribution in [2.24, 2.45) is 5.73 Å². The Morgan fingerprint density at radius 1 is 1.39 bits per heavy atom. The van der Waals surface area contributed by atoms with Gasteiger partial charge in [-0.3, -0.25) is 0 Å². The summed E-state index contributed by atoms with van der Waals surface area (Å²) in [6.07, 6.45) is -8.94. The molecule has 23 heavy (non-hydrogen) atoms. The number of carbonyl (C=O) groups is 2. The summed E-state index contributed by atoms with van der Waals surface area (Å²) < 4.78 is 9.33. The van der Waals surface area contributed by atoms with Crippen LogP contribution < -0.4 is 5.73 Å². The third kappa shape index (κ3) is 4.57. The van der Waals surface area contributed by atoms with Crippen LogP contribution in [0, 0.1) is 0 Å². The second kappa shape index (κ2) is 7.49. The van der Waals surface area contributed by atoms with Crippen molar-refractivity contribution in [1.82, 2.24) is 0 Å². The Bertz CT molecular complexity index is 444. The average Bonchev–Trinajstić information content (AvgIpc) is 2.47. The van der Waals surface area contributed by atoms with Gasteiger partial charge in [0.25, 0.3) is 5.79 Å². The SMILES string of the molecule is CC(O)C(=O)OCC(O)C(O)C1OC(O)(C(=O)O)CC(O)C1N. The number of rotatable bonds is 6. The molecule has 1 rings (SSSR count). The summed E-state index contributed by atoms with van der Waals surface area (Å²) in [4.78, 5) is 22.1. The van der Waals surface area contributed by atoms with Crippen LogP contribution in [-0.2, 0) is 19.1 Å². The number of carboxylic acids is 1. The zero-order chi connectivity index (χ0) is 17.9. The standard InChI is InChI=1S/C12H21NO10/c1-4(14)10(18)22-3-6(16)8(17)9-7(13)5(15)2-12(21,23-9)11(19)20/h4-9,14-17,21H,2-3,13H2,1H3,(H,19,20). The van der Waals surface area contributed by atoms with E-state index in [1.54, 1.807) is 0 Å². The van der Waals surface area contributed by atoms with Crippen molar-refractivity contribution >= 4 is 11.9 Å². The Balaban J connectivity index is 2.77. The molecule has 1 heterocycles. The molecule has 11 nitrogen and oxygen atoms in total. The summed E-state index contributed by atoms with van der Waals surface area (Å²) in [6, 6.07) is -1.30. The van der Waals surface area contributed by atoms with E-state index in [1.807, 2.05) is 0 Å². The molecule has 0 aromatic heterocycles. The number of aliphatic hydroxyl groups excluding tert-OH is 4. The van der Waals surface area contributed by atoms with Crippen LogP contribution in [0.15, 0.2) is 0 Å². The van der Waals surface area contributed by atoms with Crippen molar-refractivity contribution in [3.05, 3.63) is 0 Å². The highest BCUT2D eigenvalue weighted by Crippen LogP contribution is 2.29. The highest BCUT2D eigenvalue weighted by Gasteiger charge is 2.52. The molecule has 0 bridgehead atoms. The normalized spacial score (nSPS) is 35.2. The fourth-order valence-corrected chi connectivity index (χ4v) is 2.03. The van der Waals surface area contributed by atoms with Gasteiger partial charge in [-0.05, 0) is 6.92 Å². The lowest BCUT2D eigenvalue weighted by atomic mass is 9.89. The number of carbonyl (C=O) groups excluding carboxylic acids is 1. The third-order valence-electron chi connectivity index (χ3n) is 3.44. The largest absolute Gasteiger partial charge is 0.477 e. The lowest BCUT2D eigenvalue weighted by molar-refractivity contribution is -0.292. The predicted octanol–water partition coefficient (Wildman–Crippen LogP) is -4.12. The molecule has 0 amide bonds. The molecule has 0 aliphatic carbocycles. The van der Waals surface area contributed by atoms with Crippen LogP contribution in [0.4, 0.5) is 0 Å². The number of aliphatic carboxylic acids is 1. The molecular formula is C12H21NO10. The van der Waals surface area contributed by atoms with Crippen molar-refractivity contribution in [3.63, 3.8) is 0 Å². The second-order valence-corrected chi connectivity index (χ2v) is 5.38. The van der Waals surface area contributed by atoms with E-state index < -0.39 is 67.3 Å². The molecule has 7 unspecified atom stereocenters. The maximum atomic E-state index is 11.1. The van der Waals surface area contributed by atoms with Crippen LogP contribution in [0.1, 0.15) is 13.3 Å². The molecule has 0 saturated carbocycles. The van der Waals surface area contributed by atoms with Gasteiger partial charge in [0.15, 0.2) is 0 Å². The van der Waals surface area contributed by atoms with Gasteiger partial charge in [0, 0.05) is 6.42 Å². The highest BCUT2D eigenvalue weighted by molar-refractivity contribution is 5.75. The van der Waals surface area contributed by atoms with E-state index in [9.17, 15) is 30.0 Å². The number of aliphatic hydroxyl groups is 5. The van der Waals surface area contributed by atoms with Gasteiger partial charge in [0.05, 0.1) is 12.1 Å². The number of nitrogens with two attached hydrogens (primary N) is 1. The van der Waals surface area contributed by atoms with Crippen LogP contribution in [0.2, 0.25) is 0 Å².